The lowest BCUT2D eigenvalue weighted by Gasteiger charge is -2.27. The SMILES string of the molecule is CCCc1cc(F)c(-c2ncc3[nH]nc(-c4ccc(N5CCCCC5)nc4)c3n2)c(C(F)(F)F)c1. The van der Waals surface area contributed by atoms with E-state index in [0.29, 0.717) is 35.1 Å². The summed E-state index contributed by atoms with van der Waals surface area (Å²) >= 11 is 0. The van der Waals surface area contributed by atoms with Gasteiger partial charge in [0.15, 0.2) is 5.82 Å². The van der Waals surface area contributed by atoms with Crippen LogP contribution in [0.2, 0.25) is 0 Å². The molecule has 1 aliphatic heterocycles. The number of alkyl halides is 3. The van der Waals surface area contributed by atoms with Crippen molar-refractivity contribution in [3.05, 3.63) is 53.6 Å². The summed E-state index contributed by atoms with van der Waals surface area (Å²) in [5.74, 6) is -0.473. The van der Waals surface area contributed by atoms with Crippen LogP contribution >= 0.6 is 0 Å². The van der Waals surface area contributed by atoms with Crippen LogP contribution < -0.4 is 4.90 Å². The summed E-state index contributed by atoms with van der Waals surface area (Å²) in [6, 6.07) is 5.86. The largest absolute Gasteiger partial charge is 0.417 e. The number of aromatic nitrogens is 5. The number of nitrogens with one attached hydrogen (secondary N) is 1. The van der Waals surface area contributed by atoms with Crippen molar-refractivity contribution >= 4 is 16.9 Å². The van der Waals surface area contributed by atoms with E-state index in [1.54, 1.807) is 6.20 Å². The molecule has 3 aromatic heterocycles. The Morgan fingerprint density at radius 3 is 2.51 bits per heavy atom. The molecule has 0 radical (unpaired) electrons. The van der Waals surface area contributed by atoms with Gasteiger partial charge in [-0.3, -0.25) is 5.10 Å². The van der Waals surface area contributed by atoms with Crippen LogP contribution in [0, 0.1) is 5.82 Å². The van der Waals surface area contributed by atoms with Gasteiger partial charge in [-0.15, -0.1) is 0 Å². The van der Waals surface area contributed by atoms with Crippen LogP contribution in [-0.2, 0) is 12.6 Å². The number of piperidine rings is 1. The standard InChI is InChI=1S/C25H24F4N6/c1-2-6-15-11-17(25(27,28)29)21(18(26)12-15)24-31-14-19-23(32-24)22(34-33-19)16-7-8-20(30-13-16)35-9-4-3-5-10-35/h7-8,11-14H,2-6,9-10H2,1H3,(H,33,34). The summed E-state index contributed by atoms with van der Waals surface area (Å²) in [4.78, 5) is 15.1. The fourth-order valence-electron chi connectivity index (χ4n) is 4.52. The number of benzene rings is 1. The third-order valence-corrected chi connectivity index (χ3v) is 6.22. The summed E-state index contributed by atoms with van der Waals surface area (Å²) < 4.78 is 56.6. The maximum Gasteiger partial charge on any atom is 0.417 e. The number of fused-ring (bicyclic) bond motifs is 1. The number of aryl methyl sites for hydroxylation is 1. The Morgan fingerprint density at radius 1 is 1.03 bits per heavy atom. The smallest absolute Gasteiger partial charge is 0.357 e. The second-order valence-electron chi connectivity index (χ2n) is 8.73. The van der Waals surface area contributed by atoms with Gasteiger partial charge in [0.2, 0.25) is 0 Å². The predicted octanol–water partition coefficient (Wildman–Crippen LogP) is 6.18. The molecule has 5 rings (SSSR count). The van der Waals surface area contributed by atoms with E-state index >= 15 is 4.39 Å². The van der Waals surface area contributed by atoms with Gasteiger partial charge in [0, 0.05) is 24.8 Å². The Balaban J connectivity index is 1.56. The lowest BCUT2D eigenvalue weighted by atomic mass is 9.99. The molecule has 10 heteroatoms. The molecule has 35 heavy (non-hydrogen) atoms. The van der Waals surface area contributed by atoms with Crippen LogP contribution in [0.25, 0.3) is 33.7 Å². The second kappa shape index (κ2) is 9.24. The van der Waals surface area contributed by atoms with Crippen molar-refractivity contribution in [2.75, 3.05) is 18.0 Å². The molecule has 6 nitrogen and oxygen atoms in total. The molecule has 1 aromatic carbocycles. The molecule has 1 N–H and O–H groups in total. The van der Waals surface area contributed by atoms with Crippen LogP contribution in [0.5, 0.6) is 0 Å². The molecule has 1 aliphatic rings. The van der Waals surface area contributed by atoms with Crippen LogP contribution in [-0.4, -0.2) is 38.2 Å². The van der Waals surface area contributed by atoms with E-state index in [2.05, 4.69) is 30.0 Å². The maximum atomic E-state index is 15.0. The highest BCUT2D eigenvalue weighted by Crippen LogP contribution is 2.39. The number of nitrogens with zero attached hydrogens (tertiary/aromatic N) is 5. The number of halogens is 4. The zero-order valence-corrected chi connectivity index (χ0v) is 19.2. The van der Waals surface area contributed by atoms with Crippen molar-refractivity contribution in [1.82, 2.24) is 25.1 Å². The van der Waals surface area contributed by atoms with E-state index in [-0.39, 0.29) is 11.4 Å². The van der Waals surface area contributed by atoms with E-state index in [0.717, 1.165) is 43.9 Å². The fourth-order valence-corrected chi connectivity index (χ4v) is 4.52. The van der Waals surface area contributed by atoms with Crippen LogP contribution in [0.3, 0.4) is 0 Å². The number of aromatic amines is 1. The Morgan fingerprint density at radius 2 is 1.83 bits per heavy atom. The minimum absolute atomic E-state index is 0.283. The van der Waals surface area contributed by atoms with Crippen molar-refractivity contribution in [3.8, 4) is 22.6 Å². The van der Waals surface area contributed by atoms with Gasteiger partial charge in [0.1, 0.15) is 28.4 Å². The first-order chi connectivity index (χ1) is 16.8. The quantitative estimate of drug-likeness (QED) is 0.343. The first-order valence-electron chi connectivity index (χ1n) is 11.7. The van der Waals surface area contributed by atoms with E-state index in [9.17, 15) is 13.2 Å². The first kappa shape index (κ1) is 23.2. The third-order valence-electron chi connectivity index (χ3n) is 6.22. The van der Waals surface area contributed by atoms with Crippen molar-refractivity contribution in [2.24, 2.45) is 0 Å². The minimum Gasteiger partial charge on any atom is -0.357 e. The lowest BCUT2D eigenvalue weighted by Crippen LogP contribution is -2.29. The van der Waals surface area contributed by atoms with E-state index in [1.807, 2.05) is 19.1 Å². The summed E-state index contributed by atoms with van der Waals surface area (Å²) in [5, 5.41) is 7.08. The summed E-state index contributed by atoms with van der Waals surface area (Å²) in [6.45, 7) is 3.74. The summed E-state index contributed by atoms with van der Waals surface area (Å²) in [6.07, 6.45) is 2.64. The lowest BCUT2D eigenvalue weighted by molar-refractivity contribution is -0.137. The molecule has 0 amide bonds. The minimum atomic E-state index is -4.76. The van der Waals surface area contributed by atoms with Crippen LogP contribution in [0.15, 0.2) is 36.7 Å². The van der Waals surface area contributed by atoms with Crippen molar-refractivity contribution in [2.45, 2.75) is 45.2 Å². The Bertz CT molecular complexity index is 1340. The molecule has 4 heterocycles. The number of hydrogen-bond acceptors (Lipinski definition) is 5. The van der Waals surface area contributed by atoms with Gasteiger partial charge >= 0.3 is 6.18 Å². The van der Waals surface area contributed by atoms with Crippen LogP contribution in [0.4, 0.5) is 23.4 Å². The van der Waals surface area contributed by atoms with Gasteiger partial charge in [-0.25, -0.2) is 19.3 Å². The second-order valence-corrected chi connectivity index (χ2v) is 8.73. The number of pyridine rings is 1. The predicted molar refractivity (Wildman–Crippen MR) is 125 cm³/mol. The molecular weight excluding hydrogens is 460 g/mol. The Labute approximate surface area is 199 Å². The molecule has 0 bridgehead atoms. The van der Waals surface area contributed by atoms with E-state index < -0.39 is 23.1 Å². The van der Waals surface area contributed by atoms with Crippen molar-refractivity contribution < 1.29 is 17.6 Å². The number of H-pyrrole nitrogens is 1. The maximum absolute atomic E-state index is 15.0. The molecule has 0 spiro atoms. The molecule has 182 valence electrons. The van der Waals surface area contributed by atoms with Gasteiger partial charge in [-0.1, -0.05) is 13.3 Å². The molecule has 0 unspecified atom stereocenters. The molecule has 1 fully saturated rings. The van der Waals surface area contributed by atoms with Crippen molar-refractivity contribution in [1.29, 1.82) is 0 Å². The summed E-state index contributed by atoms with van der Waals surface area (Å²) in [5.41, 5.74) is 0.330. The molecule has 1 saturated heterocycles. The van der Waals surface area contributed by atoms with Gasteiger partial charge in [0.25, 0.3) is 0 Å². The highest BCUT2D eigenvalue weighted by atomic mass is 19.4. The van der Waals surface area contributed by atoms with Crippen LogP contribution in [0.1, 0.15) is 43.7 Å². The molecule has 0 aliphatic carbocycles. The summed E-state index contributed by atoms with van der Waals surface area (Å²) in [7, 11) is 0. The average Bonchev–Trinajstić information content (AvgIpc) is 3.27. The highest BCUT2D eigenvalue weighted by molar-refractivity contribution is 5.90. The highest BCUT2D eigenvalue weighted by Gasteiger charge is 2.36. The van der Waals surface area contributed by atoms with Gasteiger partial charge in [-0.2, -0.15) is 18.3 Å². The molecular formula is C25H24F4N6. The zero-order valence-electron chi connectivity index (χ0n) is 19.2. The van der Waals surface area contributed by atoms with E-state index in [4.69, 9.17) is 0 Å². The van der Waals surface area contributed by atoms with Gasteiger partial charge in [0.05, 0.1) is 17.3 Å². The number of rotatable bonds is 5. The normalized spacial score (nSPS) is 14.6. The topological polar surface area (TPSA) is 70.6 Å². The Kier molecular flexibility index (Phi) is 6.12. The first-order valence-corrected chi connectivity index (χ1v) is 11.7. The zero-order chi connectivity index (χ0) is 24.6. The van der Waals surface area contributed by atoms with Gasteiger partial charge < -0.3 is 4.90 Å². The third kappa shape index (κ3) is 4.56. The monoisotopic (exact) mass is 484 g/mol. The fraction of sp³-hybridized carbons (Fsp3) is 0.360. The molecule has 0 saturated carbocycles. The average molecular weight is 485 g/mol. The number of hydrogen-bond donors (Lipinski definition) is 1. The van der Waals surface area contributed by atoms with E-state index in [1.165, 1.54) is 12.6 Å². The number of anilines is 1. The molecule has 4 aromatic rings. The molecule has 0 atom stereocenters. The Hall–Kier alpha value is -3.56. The van der Waals surface area contributed by atoms with Gasteiger partial charge in [-0.05, 0) is 55.5 Å². The van der Waals surface area contributed by atoms with Crippen molar-refractivity contribution in [3.63, 3.8) is 0 Å².